The second-order valence-electron chi connectivity index (χ2n) is 4.03. The summed E-state index contributed by atoms with van der Waals surface area (Å²) in [5.74, 6) is 1.33. The third kappa shape index (κ3) is 3.23. The van der Waals surface area contributed by atoms with Gasteiger partial charge in [0.05, 0.1) is 17.2 Å². The Bertz CT molecular complexity index is 544. The quantitative estimate of drug-likeness (QED) is 0.898. The Kier molecular flexibility index (Phi) is 3.68. The van der Waals surface area contributed by atoms with Crippen molar-refractivity contribution in [1.29, 1.82) is 0 Å². The third-order valence-corrected chi connectivity index (χ3v) is 3.30. The van der Waals surface area contributed by atoms with E-state index in [1.54, 1.807) is 12.5 Å². The number of rotatable bonds is 4. The summed E-state index contributed by atoms with van der Waals surface area (Å²) in [4.78, 5) is 8.76. The van der Waals surface area contributed by atoms with Gasteiger partial charge in [0, 0.05) is 28.9 Å². The number of aromatic nitrogens is 2. The second-order valence-corrected chi connectivity index (χ2v) is 5.51. The Balaban J connectivity index is 2.16. The van der Waals surface area contributed by atoms with Crippen LogP contribution in [-0.4, -0.2) is 32.2 Å². The van der Waals surface area contributed by atoms with Crippen LogP contribution in [0.3, 0.4) is 0 Å². The molecule has 0 bridgehead atoms. The smallest absolute Gasteiger partial charge is 0.145 e. The lowest BCUT2D eigenvalue weighted by Gasteiger charge is -2.12. The first-order chi connectivity index (χ1) is 8.15. The SMILES string of the molecule is CC(CS(C)=O)Nc1cnc2ccccc2n1. The Morgan fingerprint density at radius 1 is 1.35 bits per heavy atom. The van der Waals surface area contributed by atoms with E-state index in [0.717, 1.165) is 16.9 Å². The average Bonchev–Trinajstić information content (AvgIpc) is 2.27. The van der Waals surface area contributed by atoms with Crippen LogP contribution in [0.5, 0.6) is 0 Å². The van der Waals surface area contributed by atoms with Gasteiger partial charge in [-0.1, -0.05) is 12.1 Å². The van der Waals surface area contributed by atoms with Crippen LogP contribution in [0.15, 0.2) is 30.5 Å². The zero-order valence-electron chi connectivity index (χ0n) is 9.88. The molecule has 0 fully saturated rings. The highest BCUT2D eigenvalue weighted by Crippen LogP contribution is 2.12. The van der Waals surface area contributed by atoms with Crippen molar-refractivity contribution in [3.8, 4) is 0 Å². The molecule has 0 radical (unpaired) electrons. The molecule has 17 heavy (non-hydrogen) atoms. The Morgan fingerprint density at radius 2 is 2.06 bits per heavy atom. The minimum Gasteiger partial charge on any atom is -0.365 e. The van der Waals surface area contributed by atoms with Crippen molar-refractivity contribution < 1.29 is 4.21 Å². The van der Waals surface area contributed by atoms with Crippen LogP contribution in [0.2, 0.25) is 0 Å². The Labute approximate surface area is 103 Å². The van der Waals surface area contributed by atoms with Crippen LogP contribution < -0.4 is 5.32 Å². The molecule has 0 aliphatic carbocycles. The molecule has 1 heterocycles. The molecule has 2 atom stereocenters. The van der Waals surface area contributed by atoms with Crippen molar-refractivity contribution >= 4 is 27.7 Å². The molecule has 0 saturated carbocycles. The van der Waals surface area contributed by atoms with Crippen molar-refractivity contribution in [2.45, 2.75) is 13.0 Å². The van der Waals surface area contributed by atoms with E-state index < -0.39 is 10.8 Å². The molecule has 2 rings (SSSR count). The van der Waals surface area contributed by atoms with Crippen LogP contribution in [0.4, 0.5) is 5.82 Å². The zero-order chi connectivity index (χ0) is 12.3. The van der Waals surface area contributed by atoms with Crippen molar-refractivity contribution in [3.63, 3.8) is 0 Å². The lowest BCUT2D eigenvalue weighted by atomic mass is 10.3. The van der Waals surface area contributed by atoms with E-state index in [-0.39, 0.29) is 6.04 Å². The molecule has 4 nitrogen and oxygen atoms in total. The third-order valence-electron chi connectivity index (χ3n) is 2.33. The molecule has 90 valence electrons. The average molecular weight is 249 g/mol. The fourth-order valence-electron chi connectivity index (χ4n) is 1.67. The van der Waals surface area contributed by atoms with E-state index in [4.69, 9.17) is 0 Å². The molecular weight excluding hydrogens is 234 g/mol. The first kappa shape index (κ1) is 12.0. The maximum absolute atomic E-state index is 11.1. The van der Waals surface area contributed by atoms with Crippen LogP contribution in [0, 0.1) is 0 Å². The summed E-state index contributed by atoms with van der Waals surface area (Å²) >= 11 is 0. The highest BCUT2D eigenvalue weighted by molar-refractivity contribution is 7.84. The van der Waals surface area contributed by atoms with Gasteiger partial charge < -0.3 is 5.32 Å². The molecule has 0 amide bonds. The minimum atomic E-state index is -0.807. The van der Waals surface area contributed by atoms with E-state index in [0.29, 0.717) is 5.75 Å². The molecule has 0 saturated heterocycles. The summed E-state index contributed by atoms with van der Waals surface area (Å²) in [5, 5.41) is 3.20. The van der Waals surface area contributed by atoms with Gasteiger partial charge in [-0.05, 0) is 19.1 Å². The van der Waals surface area contributed by atoms with Gasteiger partial charge >= 0.3 is 0 Å². The maximum Gasteiger partial charge on any atom is 0.145 e. The van der Waals surface area contributed by atoms with Crippen LogP contribution >= 0.6 is 0 Å². The van der Waals surface area contributed by atoms with E-state index in [1.165, 1.54) is 0 Å². The van der Waals surface area contributed by atoms with Gasteiger partial charge in [-0.3, -0.25) is 9.19 Å². The van der Waals surface area contributed by atoms with Gasteiger partial charge in [-0.15, -0.1) is 0 Å². The predicted octanol–water partition coefficient (Wildman–Crippen LogP) is 1.81. The molecular formula is C12H15N3OS. The van der Waals surface area contributed by atoms with Gasteiger partial charge in [0.1, 0.15) is 5.82 Å². The molecule has 2 unspecified atom stereocenters. The molecule has 0 spiro atoms. The molecule has 0 aliphatic heterocycles. The van der Waals surface area contributed by atoms with Crippen LogP contribution in [0.1, 0.15) is 6.92 Å². The molecule has 5 heteroatoms. The fourth-order valence-corrected chi connectivity index (χ4v) is 2.46. The summed E-state index contributed by atoms with van der Waals surface area (Å²) in [7, 11) is -0.807. The number of nitrogens with zero attached hydrogens (tertiary/aromatic N) is 2. The zero-order valence-corrected chi connectivity index (χ0v) is 10.7. The number of para-hydroxylation sites is 2. The molecule has 1 N–H and O–H groups in total. The maximum atomic E-state index is 11.1. The summed E-state index contributed by atoms with van der Waals surface area (Å²) in [6.07, 6.45) is 3.40. The van der Waals surface area contributed by atoms with Crippen molar-refractivity contribution in [2.75, 3.05) is 17.3 Å². The number of hydrogen-bond donors (Lipinski definition) is 1. The lowest BCUT2D eigenvalue weighted by Crippen LogP contribution is -2.22. The summed E-state index contributed by atoms with van der Waals surface area (Å²) in [6.45, 7) is 1.98. The predicted molar refractivity (Wildman–Crippen MR) is 71.6 cm³/mol. The minimum absolute atomic E-state index is 0.122. The van der Waals surface area contributed by atoms with Gasteiger partial charge in [0.15, 0.2) is 0 Å². The van der Waals surface area contributed by atoms with Gasteiger partial charge in [0.25, 0.3) is 0 Å². The number of hydrogen-bond acceptors (Lipinski definition) is 4. The first-order valence-corrected chi connectivity index (χ1v) is 7.16. The first-order valence-electron chi connectivity index (χ1n) is 5.43. The normalized spacial score (nSPS) is 14.5. The van der Waals surface area contributed by atoms with E-state index in [2.05, 4.69) is 15.3 Å². The number of fused-ring (bicyclic) bond motifs is 1. The molecule has 1 aromatic heterocycles. The largest absolute Gasteiger partial charge is 0.365 e. The fraction of sp³-hybridized carbons (Fsp3) is 0.333. The van der Waals surface area contributed by atoms with Crippen molar-refractivity contribution in [2.24, 2.45) is 0 Å². The lowest BCUT2D eigenvalue weighted by molar-refractivity contribution is 0.683. The number of nitrogens with one attached hydrogen (secondary N) is 1. The monoisotopic (exact) mass is 249 g/mol. The number of benzene rings is 1. The number of anilines is 1. The van der Waals surface area contributed by atoms with Gasteiger partial charge in [0.2, 0.25) is 0 Å². The van der Waals surface area contributed by atoms with Crippen molar-refractivity contribution in [3.05, 3.63) is 30.5 Å². The Hall–Kier alpha value is -1.49. The van der Waals surface area contributed by atoms with Gasteiger partial charge in [-0.2, -0.15) is 0 Å². The molecule has 0 aliphatic rings. The van der Waals surface area contributed by atoms with Gasteiger partial charge in [-0.25, -0.2) is 4.98 Å². The van der Waals surface area contributed by atoms with Crippen LogP contribution in [0.25, 0.3) is 11.0 Å². The highest BCUT2D eigenvalue weighted by atomic mass is 32.2. The highest BCUT2D eigenvalue weighted by Gasteiger charge is 2.06. The molecule has 2 aromatic rings. The second kappa shape index (κ2) is 5.23. The Morgan fingerprint density at radius 3 is 2.76 bits per heavy atom. The summed E-state index contributed by atoms with van der Waals surface area (Å²) in [5.41, 5.74) is 1.74. The summed E-state index contributed by atoms with van der Waals surface area (Å²) < 4.78 is 11.1. The van der Waals surface area contributed by atoms with Crippen LogP contribution in [-0.2, 0) is 10.8 Å². The standard InChI is InChI=1S/C12H15N3OS/c1-9(8-17(2)16)14-12-7-13-10-5-3-4-6-11(10)15-12/h3-7,9H,8H2,1-2H3,(H,14,15). The molecule has 1 aromatic carbocycles. The van der Waals surface area contributed by atoms with E-state index in [9.17, 15) is 4.21 Å². The van der Waals surface area contributed by atoms with Crippen molar-refractivity contribution in [1.82, 2.24) is 9.97 Å². The van der Waals surface area contributed by atoms with E-state index in [1.807, 2.05) is 31.2 Å². The topological polar surface area (TPSA) is 54.9 Å². The van der Waals surface area contributed by atoms with E-state index >= 15 is 0 Å². The summed E-state index contributed by atoms with van der Waals surface area (Å²) in [6, 6.07) is 7.85.